The number of rotatable bonds is 15. The third-order valence-electron chi connectivity index (χ3n) is 5.30. The molecule has 0 saturated carbocycles. The first kappa shape index (κ1) is 23.7. The Hall–Kier alpha value is -2.62. The summed E-state index contributed by atoms with van der Waals surface area (Å²) < 4.78 is 4.91. The summed E-state index contributed by atoms with van der Waals surface area (Å²) in [5, 5.41) is 8.51. The number of carbonyl (C=O) groups excluding carboxylic acids is 1. The van der Waals surface area contributed by atoms with Crippen LogP contribution in [0.1, 0.15) is 62.5 Å². The maximum atomic E-state index is 11.2. The minimum absolute atomic E-state index is 0.322. The maximum absolute atomic E-state index is 11.2. The lowest BCUT2D eigenvalue weighted by molar-refractivity contribution is -0.151. The number of esters is 1. The Bertz CT molecular complexity index is 686. The molecule has 30 heavy (non-hydrogen) atoms. The third-order valence-corrected chi connectivity index (χ3v) is 5.30. The van der Waals surface area contributed by atoms with Gasteiger partial charge in [0.15, 0.2) is 0 Å². The van der Waals surface area contributed by atoms with Crippen LogP contribution in [-0.4, -0.2) is 23.7 Å². The highest BCUT2D eigenvalue weighted by atomic mass is 16.5. The normalized spacial score (nSPS) is 10.8. The molecule has 4 heteroatoms. The summed E-state index contributed by atoms with van der Waals surface area (Å²) in [6.45, 7) is 0.322. The van der Waals surface area contributed by atoms with Crippen molar-refractivity contribution in [2.75, 3.05) is 6.61 Å². The van der Waals surface area contributed by atoms with Gasteiger partial charge in [-0.3, -0.25) is 9.59 Å². The van der Waals surface area contributed by atoms with Crippen LogP contribution >= 0.6 is 0 Å². The second-order valence-electron chi connectivity index (χ2n) is 7.95. The summed E-state index contributed by atoms with van der Waals surface area (Å²) in [5.74, 6) is -1.13. The van der Waals surface area contributed by atoms with Gasteiger partial charge in [0.2, 0.25) is 0 Å². The number of carboxylic acid groups (broad SMARTS) is 1. The SMILES string of the molecule is O=C(O)CC(=O)OCCCCCCCCC(Cc1ccccc1)Cc1ccccc1. The Morgan fingerprint density at radius 2 is 1.23 bits per heavy atom. The molecule has 1 N–H and O–H groups in total. The van der Waals surface area contributed by atoms with Gasteiger partial charge in [-0.1, -0.05) is 92.8 Å². The molecule has 0 aliphatic rings. The van der Waals surface area contributed by atoms with E-state index in [-0.39, 0.29) is 0 Å². The number of carboxylic acids is 1. The second kappa shape index (κ2) is 14.4. The minimum Gasteiger partial charge on any atom is -0.481 e. The highest BCUT2D eigenvalue weighted by Crippen LogP contribution is 2.21. The molecule has 0 bridgehead atoms. The predicted octanol–water partition coefficient (Wildman–Crippen LogP) is 5.84. The molecule has 0 atom stereocenters. The molecule has 2 aromatic rings. The minimum atomic E-state index is -1.14. The first-order valence-corrected chi connectivity index (χ1v) is 11.1. The van der Waals surface area contributed by atoms with Gasteiger partial charge in [-0.25, -0.2) is 0 Å². The maximum Gasteiger partial charge on any atom is 0.317 e. The van der Waals surface area contributed by atoms with E-state index < -0.39 is 18.4 Å². The van der Waals surface area contributed by atoms with E-state index in [4.69, 9.17) is 9.84 Å². The van der Waals surface area contributed by atoms with Gasteiger partial charge < -0.3 is 9.84 Å². The van der Waals surface area contributed by atoms with Crippen molar-refractivity contribution in [3.05, 3.63) is 71.8 Å². The number of hydrogen-bond donors (Lipinski definition) is 1. The van der Waals surface area contributed by atoms with E-state index in [0.29, 0.717) is 12.5 Å². The lowest BCUT2D eigenvalue weighted by Gasteiger charge is -2.17. The van der Waals surface area contributed by atoms with Gasteiger partial charge in [-0.15, -0.1) is 0 Å². The van der Waals surface area contributed by atoms with E-state index in [1.54, 1.807) is 0 Å². The lowest BCUT2D eigenvalue weighted by atomic mass is 9.88. The first-order chi connectivity index (χ1) is 14.6. The number of unbranched alkanes of at least 4 members (excludes halogenated alkanes) is 5. The molecule has 0 aliphatic heterocycles. The zero-order chi connectivity index (χ0) is 21.4. The van der Waals surface area contributed by atoms with Crippen molar-refractivity contribution in [3.8, 4) is 0 Å². The number of aliphatic carboxylic acids is 1. The zero-order valence-corrected chi connectivity index (χ0v) is 17.8. The zero-order valence-electron chi connectivity index (χ0n) is 17.8. The van der Waals surface area contributed by atoms with Crippen molar-refractivity contribution in [2.24, 2.45) is 5.92 Å². The highest BCUT2D eigenvalue weighted by Gasteiger charge is 2.11. The topological polar surface area (TPSA) is 63.6 Å². The van der Waals surface area contributed by atoms with Gasteiger partial charge in [0.25, 0.3) is 0 Å². The summed E-state index contributed by atoms with van der Waals surface area (Å²) in [6.07, 6.45) is 9.51. The Morgan fingerprint density at radius 1 is 0.733 bits per heavy atom. The number of benzene rings is 2. The van der Waals surface area contributed by atoms with Crippen LogP contribution in [0, 0.1) is 5.92 Å². The molecule has 2 aromatic carbocycles. The molecule has 4 nitrogen and oxygen atoms in total. The smallest absolute Gasteiger partial charge is 0.317 e. The molecule has 0 radical (unpaired) electrons. The molecule has 0 spiro atoms. The summed E-state index contributed by atoms with van der Waals surface area (Å²) in [4.78, 5) is 21.5. The van der Waals surface area contributed by atoms with Crippen LogP contribution in [-0.2, 0) is 27.2 Å². The fraction of sp³-hybridized carbons (Fsp3) is 0.462. The van der Waals surface area contributed by atoms with E-state index in [9.17, 15) is 9.59 Å². The lowest BCUT2D eigenvalue weighted by Crippen LogP contribution is -2.11. The van der Waals surface area contributed by atoms with Crippen molar-refractivity contribution in [2.45, 2.75) is 64.2 Å². The first-order valence-electron chi connectivity index (χ1n) is 11.1. The second-order valence-corrected chi connectivity index (χ2v) is 7.95. The standard InChI is InChI=1S/C26H34O4/c27-25(28)21-26(29)30-18-12-4-2-1-3-7-17-24(19-22-13-8-5-9-14-22)20-23-15-10-6-11-16-23/h5-6,8-11,13-16,24H,1-4,7,12,17-21H2,(H,27,28). The quantitative estimate of drug-likeness (QED) is 0.228. The molecular weight excluding hydrogens is 376 g/mol. The summed E-state index contributed by atoms with van der Waals surface area (Å²) >= 11 is 0. The average Bonchev–Trinajstić information content (AvgIpc) is 2.73. The van der Waals surface area contributed by atoms with E-state index in [1.165, 1.54) is 36.8 Å². The third kappa shape index (κ3) is 10.8. The van der Waals surface area contributed by atoms with Crippen molar-refractivity contribution in [1.82, 2.24) is 0 Å². The van der Waals surface area contributed by atoms with E-state index in [1.807, 2.05) is 0 Å². The number of hydrogen-bond acceptors (Lipinski definition) is 3. The average molecular weight is 411 g/mol. The fourth-order valence-electron chi connectivity index (χ4n) is 3.77. The summed E-state index contributed by atoms with van der Waals surface area (Å²) in [5.41, 5.74) is 2.83. The van der Waals surface area contributed by atoms with Crippen LogP contribution in [0.4, 0.5) is 0 Å². The Labute approximate surface area is 180 Å². The molecule has 0 aromatic heterocycles. The molecule has 0 saturated heterocycles. The van der Waals surface area contributed by atoms with Crippen LogP contribution in [0.25, 0.3) is 0 Å². The van der Waals surface area contributed by atoms with Crippen LogP contribution < -0.4 is 0 Å². The van der Waals surface area contributed by atoms with E-state index in [2.05, 4.69) is 60.7 Å². The van der Waals surface area contributed by atoms with Crippen LogP contribution in [0.15, 0.2) is 60.7 Å². The summed E-state index contributed by atoms with van der Waals surface area (Å²) in [6, 6.07) is 21.5. The molecule has 0 heterocycles. The molecule has 2 rings (SSSR count). The van der Waals surface area contributed by atoms with Crippen LogP contribution in [0.3, 0.4) is 0 Å². The highest BCUT2D eigenvalue weighted by molar-refractivity contribution is 5.90. The van der Waals surface area contributed by atoms with Gasteiger partial charge in [0.1, 0.15) is 6.42 Å². The van der Waals surface area contributed by atoms with Gasteiger partial charge in [-0.05, 0) is 42.7 Å². The summed E-state index contributed by atoms with van der Waals surface area (Å²) in [7, 11) is 0. The van der Waals surface area contributed by atoms with Gasteiger partial charge in [0.05, 0.1) is 6.61 Å². The number of carbonyl (C=O) groups is 2. The van der Waals surface area contributed by atoms with Gasteiger partial charge >= 0.3 is 11.9 Å². The molecule has 162 valence electrons. The number of ether oxygens (including phenoxy) is 1. The van der Waals surface area contributed by atoms with E-state index >= 15 is 0 Å². The van der Waals surface area contributed by atoms with Crippen molar-refractivity contribution in [1.29, 1.82) is 0 Å². The largest absolute Gasteiger partial charge is 0.481 e. The monoisotopic (exact) mass is 410 g/mol. The van der Waals surface area contributed by atoms with Crippen molar-refractivity contribution < 1.29 is 19.4 Å². The Kier molecular flexibility index (Phi) is 11.3. The molecule has 0 aliphatic carbocycles. The molecule has 0 fully saturated rings. The molecule has 0 unspecified atom stereocenters. The Balaban J connectivity index is 1.61. The Morgan fingerprint density at radius 3 is 1.77 bits per heavy atom. The molecule has 0 amide bonds. The van der Waals surface area contributed by atoms with Crippen molar-refractivity contribution in [3.63, 3.8) is 0 Å². The van der Waals surface area contributed by atoms with E-state index in [0.717, 1.165) is 32.1 Å². The van der Waals surface area contributed by atoms with Crippen LogP contribution in [0.2, 0.25) is 0 Å². The fourth-order valence-corrected chi connectivity index (χ4v) is 3.77. The predicted molar refractivity (Wildman–Crippen MR) is 119 cm³/mol. The van der Waals surface area contributed by atoms with Crippen molar-refractivity contribution >= 4 is 11.9 Å². The molecular formula is C26H34O4. The van der Waals surface area contributed by atoms with Gasteiger partial charge in [0, 0.05) is 0 Å². The van der Waals surface area contributed by atoms with Gasteiger partial charge in [-0.2, -0.15) is 0 Å². The van der Waals surface area contributed by atoms with Crippen LogP contribution in [0.5, 0.6) is 0 Å².